The lowest BCUT2D eigenvalue weighted by Gasteiger charge is -2.26. The predicted octanol–water partition coefficient (Wildman–Crippen LogP) is 6.19. The number of primary amides is 1. The van der Waals surface area contributed by atoms with Crippen LogP contribution in [0.5, 0.6) is 17.2 Å². The fraction of sp³-hybridized carbons (Fsp3) is 0.303. The van der Waals surface area contributed by atoms with Crippen molar-refractivity contribution in [3.63, 3.8) is 0 Å². The van der Waals surface area contributed by atoms with Crippen molar-refractivity contribution in [2.75, 3.05) is 11.5 Å². The van der Waals surface area contributed by atoms with E-state index in [0.29, 0.717) is 47.5 Å². The highest BCUT2D eigenvalue weighted by molar-refractivity contribution is 6.16. The van der Waals surface area contributed by atoms with E-state index in [1.165, 1.54) is 17.0 Å². The minimum Gasteiger partial charge on any atom is -0.491 e. The van der Waals surface area contributed by atoms with Gasteiger partial charge in [0.15, 0.2) is 11.6 Å². The number of hydrogen-bond donors (Lipinski definition) is 1. The molecule has 7 rings (SSSR count). The van der Waals surface area contributed by atoms with E-state index in [9.17, 15) is 9.59 Å². The summed E-state index contributed by atoms with van der Waals surface area (Å²) in [5, 5.41) is 0.695. The Kier molecular flexibility index (Phi) is 6.35. The highest BCUT2D eigenvalue weighted by Gasteiger charge is 2.57. The number of ether oxygens (including phenoxy) is 3. The van der Waals surface area contributed by atoms with Gasteiger partial charge in [0.05, 0.1) is 22.9 Å². The van der Waals surface area contributed by atoms with Crippen molar-refractivity contribution >= 4 is 34.1 Å². The van der Waals surface area contributed by atoms with Gasteiger partial charge in [-0.3, -0.25) is 19.5 Å². The zero-order valence-electron chi connectivity index (χ0n) is 22.9. The Morgan fingerprint density at radius 2 is 1.76 bits per heavy atom. The number of nitrogens with zero attached hydrogens (tertiary/aromatic N) is 2. The molecule has 0 bridgehead atoms. The Balaban J connectivity index is 1.11. The van der Waals surface area contributed by atoms with E-state index >= 15 is 4.39 Å². The summed E-state index contributed by atoms with van der Waals surface area (Å²) in [5.41, 5.74) is 5.85. The molecule has 2 amide bonds. The van der Waals surface area contributed by atoms with Crippen LogP contribution in [0.1, 0.15) is 38.5 Å². The first-order chi connectivity index (χ1) is 20.4. The number of carbonyl (C=O) groups is 2. The van der Waals surface area contributed by atoms with Crippen molar-refractivity contribution in [2.24, 2.45) is 11.1 Å². The molecular weight excluding hydrogens is 537 g/mol. The van der Waals surface area contributed by atoms with E-state index in [0.717, 1.165) is 25.7 Å². The third-order valence-corrected chi connectivity index (χ3v) is 8.50. The van der Waals surface area contributed by atoms with Gasteiger partial charge < -0.3 is 19.9 Å². The number of para-hydroxylation sites is 1. The van der Waals surface area contributed by atoms with E-state index in [2.05, 4.69) is 4.98 Å². The molecule has 3 fully saturated rings. The first-order valence-electron chi connectivity index (χ1n) is 14.2. The quantitative estimate of drug-likeness (QED) is 0.242. The average molecular weight is 568 g/mol. The van der Waals surface area contributed by atoms with Gasteiger partial charge in [-0.25, -0.2) is 4.39 Å². The molecule has 2 aliphatic carbocycles. The Labute approximate surface area is 242 Å². The third kappa shape index (κ3) is 4.83. The fourth-order valence-corrected chi connectivity index (χ4v) is 5.69. The molecule has 4 aromatic rings. The van der Waals surface area contributed by atoms with Crippen LogP contribution in [0.25, 0.3) is 10.9 Å². The molecule has 3 aromatic carbocycles. The van der Waals surface area contributed by atoms with Crippen LogP contribution in [-0.2, 0) is 14.3 Å². The molecule has 214 valence electrons. The van der Waals surface area contributed by atoms with Gasteiger partial charge in [0.25, 0.3) is 0 Å². The second kappa shape index (κ2) is 10.1. The molecule has 2 saturated carbocycles. The number of benzene rings is 3. The van der Waals surface area contributed by atoms with Crippen LogP contribution in [-0.4, -0.2) is 35.1 Å². The Hall–Kier alpha value is -4.50. The summed E-state index contributed by atoms with van der Waals surface area (Å²) in [4.78, 5) is 31.4. The lowest BCUT2D eigenvalue weighted by Crippen LogP contribution is -2.41. The number of fused-ring (bicyclic) bond motifs is 1. The highest BCUT2D eigenvalue weighted by Crippen LogP contribution is 2.50. The van der Waals surface area contributed by atoms with E-state index in [1.807, 2.05) is 24.3 Å². The zero-order valence-corrected chi connectivity index (χ0v) is 22.9. The van der Waals surface area contributed by atoms with E-state index in [-0.39, 0.29) is 23.1 Å². The number of nitrogens with two attached hydrogens (primary N) is 1. The second-order valence-electron chi connectivity index (χ2n) is 11.4. The van der Waals surface area contributed by atoms with Gasteiger partial charge in [-0.05, 0) is 81.0 Å². The maximum Gasteiger partial charge on any atom is 0.247 e. The van der Waals surface area contributed by atoms with Gasteiger partial charge in [0.1, 0.15) is 23.5 Å². The molecule has 42 heavy (non-hydrogen) atoms. The minimum absolute atomic E-state index is 0.0181. The summed E-state index contributed by atoms with van der Waals surface area (Å²) in [7, 11) is 0. The standard InChI is InChI=1S/C33H30FN3O5/c34-26-18-22(37(21-4-2-1-3-5-21)31(39)33(15-16-33)30(35)38)6-9-29(26)41-28-11-17-36-27-19-23(7-8-25(27)28)40-20-24-10-12-32(42-24)13-14-32/h1-9,11,17-19,24H,10,12-16,20H2,(H2,35,38)/t24-/m1/s1. The van der Waals surface area contributed by atoms with Crippen LogP contribution in [0.2, 0.25) is 0 Å². The number of hydrogen-bond acceptors (Lipinski definition) is 6. The summed E-state index contributed by atoms with van der Waals surface area (Å²) >= 11 is 0. The maximum absolute atomic E-state index is 15.5. The Morgan fingerprint density at radius 3 is 2.45 bits per heavy atom. The zero-order chi connectivity index (χ0) is 28.9. The van der Waals surface area contributed by atoms with Crippen molar-refractivity contribution in [3.05, 3.63) is 84.8 Å². The average Bonchev–Trinajstić information content (AvgIpc) is 3.91. The SMILES string of the molecule is NC(=O)C1(C(=O)N(c2ccccc2)c2ccc(Oc3ccnc4cc(OC[C@H]5CCC6(CC6)O5)ccc34)c(F)c2)CC1. The summed E-state index contributed by atoms with van der Waals surface area (Å²) in [6.45, 7) is 0.490. The number of aromatic nitrogens is 1. The van der Waals surface area contributed by atoms with Gasteiger partial charge in [-0.1, -0.05) is 18.2 Å². The Bertz CT molecular complexity index is 1690. The molecule has 3 aliphatic rings. The van der Waals surface area contributed by atoms with Crippen molar-refractivity contribution < 1.29 is 28.2 Å². The molecule has 1 aromatic heterocycles. The summed E-state index contributed by atoms with van der Waals surface area (Å²) in [6.07, 6.45) is 6.85. The molecule has 0 radical (unpaired) electrons. The number of anilines is 2. The number of rotatable bonds is 9. The van der Waals surface area contributed by atoms with E-state index in [4.69, 9.17) is 19.9 Å². The van der Waals surface area contributed by atoms with Crippen LogP contribution in [0.4, 0.5) is 15.8 Å². The monoisotopic (exact) mass is 567 g/mol. The number of halogens is 1. The molecule has 1 saturated heterocycles. The van der Waals surface area contributed by atoms with Crippen molar-refractivity contribution in [2.45, 2.75) is 50.2 Å². The molecule has 1 aliphatic heterocycles. The van der Waals surface area contributed by atoms with Crippen LogP contribution in [0, 0.1) is 11.2 Å². The number of amides is 2. The molecule has 1 atom stereocenters. The lowest BCUT2D eigenvalue weighted by molar-refractivity contribution is -0.133. The van der Waals surface area contributed by atoms with Crippen LogP contribution >= 0.6 is 0 Å². The molecule has 9 heteroatoms. The van der Waals surface area contributed by atoms with Crippen LogP contribution < -0.4 is 20.1 Å². The smallest absolute Gasteiger partial charge is 0.247 e. The van der Waals surface area contributed by atoms with Crippen LogP contribution in [0.15, 0.2) is 79.0 Å². The minimum atomic E-state index is -1.27. The van der Waals surface area contributed by atoms with Crippen molar-refractivity contribution in [1.82, 2.24) is 4.98 Å². The third-order valence-electron chi connectivity index (χ3n) is 8.50. The van der Waals surface area contributed by atoms with Gasteiger partial charge in [-0.15, -0.1) is 0 Å². The number of carbonyl (C=O) groups excluding carboxylic acids is 2. The van der Waals surface area contributed by atoms with Crippen LogP contribution in [0.3, 0.4) is 0 Å². The van der Waals surface area contributed by atoms with Gasteiger partial charge in [0, 0.05) is 29.4 Å². The predicted molar refractivity (Wildman–Crippen MR) is 154 cm³/mol. The molecule has 1 spiro atoms. The Morgan fingerprint density at radius 1 is 0.952 bits per heavy atom. The van der Waals surface area contributed by atoms with Gasteiger partial charge >= 0.3 is 0 Å². The molecule has 2 heterocycles. The van der Waals surface area contributed by atoms with E-state index < -0.39 is 23.0 Å². The summed E-state index contributed by atoms with van der Waals surface area (Å²) in [5.74, 6) is -0.729. The summed E-state index contributed by atoms with van der Waals surface area (Å²) in [6, 6.07) is 20.3. The lowest BCUT2D eigenvalue weighted by atomic mass is 10.0. The summed E-state index contributed by atoms with van der Waals surface area (Å²) < 4.78 is 33.6. The first-order valence-corrected chi connectivity index (χ1v) is 14.2. The maximum atomic E-state index is 15.5. The normalized spacial score (nSPS) is 19.4. The largest absolute Gasteiger partial charge is 0.491 e. The topological polar surface area (TPSA) is 104 Å². The molecule has 2 N–H and O–H groups in total. The van der Waals surface area contributed by atoms with Crippen molar-refractivity contribution in [3.8, 4) is 17.2 Å². The van der Waals surface area contributed by atoms with Crippen molar-refractivity contribution in [1.29, 1.82) is 0 Å². The van der Waals surface area contributed by atoms with Gasteiger partial charge in [-0.2, -0.15) is 0 Å². The first kappa shape index (κ1) is 26.4. The molecular formula is C33H30FN3O5. The fourth-order valence-electron chi connectivity index (χ4n) is 5.69. The number of pyridine rings is 1. The van der Waals surface area contributed by atoms with E-state index in [1.54, 1.807) is 42.6 Å². The van der Waals surface area contributed by atoms with Gasteiger partial charge in [0.2, 0.25) is 11.8 Å². The second-order valence-corrected chi connectivity index (χ2v) is 11.4. The highest BCUT2D eigenvalue weighted by atomic mass is 19.1. The molecule has 0 unspecified atom stereocenters. The molecule has 8 nitrogen and oxygen atoms in total.